The third kappa shape index (κ3) is 5.97. The second-order valence-corrected chi connectivity index (χ2v) is 9.51. The minimum Gasteiger partial charge on any atom is -0.492 e. The maximum Gasteiger partial charge on any atom is 0.255 e. The maximum absolute atomic E-state index is 12.9. The first kappa shape index (κ1) is 22.6. The van der Waals surface area contributed by atoms with Gasteiger partial charge in [-0.3, -0.25) is 4.79 Å². The van der Waals surface area contributed by atoms with Crippen molar-refractivity contribution in [2.24, 2.45) is 0 Å². The average molecular weight is 451 g/mol. The van der Waals surface area contributed by atoms with Gasteiger partial charge >= 0.3 is 0 Å². The molecule has 162 valence electrons. The van der Waals surface area contributed by atoms with E-state index in [1.807, 2.05) is 6.92 Å². The fourth-order valence-electron chi connectivity index (χ4n) is 3.54. The Morgan fingerprint density at radius 2 is 1.73 bits per heavy atom. The Morgan fingerprint density at radius 3 is 2.37 bits per heavy atom. The van der Waals surface area contributed by atoms with Gasteiger partial charge in [0.15, 0.2) is 0 Å². The molecule has 1 amide bonds. The Kier molecular flexibility index (Phi) is 7.75. The van der Waals surface area contributed by atoms with Crippen LogP contribution in [0.2, 0.25) is 5.02 Å². The average Bonchev–Trinajstić information content (AvgIpc) is 2.98. The van der Waals surface area contributed by atoms with E-state index < -0.39 is 10.0 Å². The summed E-state index contributed by atoms with van der Waals surface area (Å²) in [6.45, 7) is 2.21. The molecule has 1 aliphatic carbocycles. The minimum atomic E-state index is -3.71. The van der Waals surface area contributed by atoms with Gasteiger partial charge in [0, 0.05) is 16.6 Å². The van der Waals surface area contributed by atoms with E-state index in [0.29, 0.717) is 28.6 Å². The lowest BCUT2D eigenvalue weighted by molar-refractivity contribution is 0.102. The molecule has 0 radical (unpaired) electrons. The van der Waals surface area contributed by atoms with Gasteiger partial charge in [0.25, 0.3) is 5.91 Å². The normalized spacial score (nSPS) is 15.4. The van der Waals surface area contributed by atoms with Crippen molar-refractivity contribution in [1.82, 2.24) is 4.72 Å². The highest BCUT2D eigenvalue weighted by Gasteiger charge is 2.23. The van der Waals surface area contributed by atoms with Crippen LogP contribution in [0.1, 0.15) is 55.8 Å². The lowest BCUT2D eigenvalue weighted by Crippen LogP contribution is -2.34. The van der Waals surface area contributed by atoms with Gasteiger partial charge in [0.2, 0.25) is 10.0 Å². The standard InChI is InChI=1S/C22H27ClN2O4S/c1-2-29-21-14-13-19(30(27,28)25-18-7-5-3-4-6-8-18)15-20(21)24-22(26)16-9-11-17(23)12-10-16/h9-15,18,25H,2-8H2,1H3,(H,24,26). The van der Waals surface area contributed by atoms with Crippen LogP contribution in [0.5, 0.6) is 5.75 Å². The molecule has 2 aromatic carbocycles. The summed E-state index contributed by atoms with van der Waals surface area (Å²) in [6.07, 6.45) is 6.02. The Hall–Kier alpha value is -2.09. The van der Waals surface area contributed by atoms with Crippen molar-refractivity contribution in [3.63, 3.8) is 0 Å². The van der Waals surface area contributed by atoms with Gasteiger partial charge in [-0.1, -0.05) is 37.3 Å². The van der Waals surface area contributed by atoms with Crippen molar-refractivity contribution in [1.29, 1.82) is 0 Å². The zero-order chi connectivity index (χ0) is 21.6. The first-order chi connectivity index (χ1) is 14.4. The summed E-state index contributed by atoms with van der Waals surface area (Å²) < 4.78 is 34.3. The van der Waals surface area contributed by atoms with Crippen molar-refractivity contribution in [3.05, 3.63) is 53.1 Å². The minimum absolute atomic E-state index is 0.0591. The largest absolute Gasteiger partial charge is 0.492 e. The number of halogens is 1. The molecule has 0 saturated heterocycles. The second-order valence-electron chi connectivity index (χ2n) is 7.36. The van der Waals surface area contributed by atoms with Gasteiger partial charge in [-0.15, -0.1) is 0 Å². The molecule has 2 N–H and O–H groups in total. The molecule has 6 nitrogen and oxygen atoms in total. The molecular formula is C22H27ClN2O4S. The van der Waals surface area contributed by atoms with Crippen molar-refractivity contribution in [2.75, 3.05) is 11.9 Å². The molecule has 2 aromatic rings. The van der Waals surface area contributed by atoms with Crippen LogP contribution in [-0.2, 0) is 10.0 Å². The van der Waals surface area contributed by atoms with Gasteiger partial charge in [-0.2, -0.15) is 0 Å². The van der Waals surface area contributed by atoms with E-state index in [0.717, 1.165) is 38.5 Å². The number of anilines is 1. The Balaban J connectivity index is 1.84. The number of rotatable bonds is 7. The van der Waals surface area contributed by atoms with Crippen LogP contribution in [0.25, 0.3) is 0 Å². The molecule has 0 spiro atoms. The van der Waals surface area contributed by atoms with Gasteiger partial charge in [-0.25, -0.2) is 13.1 Å². The molecule has 0 unspecified atom stereocenters. The number of benzene rings is 2. The van der Waals surface area contributed by atoms with E-state index in [1.165, 1.54) is 12.1 Å². The predicted molar refractivity (Wildman–Crippen MR) is 119 cm³/mol. The highest BCUT2D eigenvalue weighted by atomic mass is 35.5. The third-order valence-electron chi connectivity index (χ3n) is 5.09. The van der Waals surface area contributed by atoms with E-state index in [1.54, 1.807) is 30.3 Å². The smallest absolute Gasteiger partial charge is 0.255 e. The first-order valence-electron chi connectivity index (χ1n) is 10.2. The van der Waals surface area contributed by atoms with E-state index >= 15 is 0 Å². The Bertz CT molecular complexity index is 969. The first-order valence-corrected chi connectivity index (χ1v) is 12.1. The number of ether oxygens (including phenoxy) is 1. The third-order valence-corrected chi connectivity index (χ3v) is 6.86. The van der Waals surface area contributed by atoms with E-state index in [4.69, 9.17) is 16.3 Å². The predicted octanol–water partition coefficient (Wildman–Crippen LogP) is 4.99. The molecule has 0 aliphatic heterocycles. The molecule has 8 heteroatoms. The molecule has 0 bridgehead atoms. The fourth-order valence-corrected chi connectivity index (χ4v) is 4.99. The molecule has 1 fully saturated rings. The van der Waals surface area contributed by atoms with Crippen LogP contribution in [0.3, 0.4) is 0 Å². The van der Waals surface area contributed by atoms with E-state index in [9.17, 15) is 13.2 Å². The summed E-state index contributed by atoms with van der Waals surface area (Å²) >= 11 is 5.88. The SMILES string of the molecule is CCOc1ccc(S(=O)(=O)NC2CCCCCC2)cc1NC(=O)c1ccc(Cl)cc1. The molecule has 0 atom stereocenters. The number of carbonyl (C=O) groups excluding carboxylic acids is 1. The number of hydrogen-bond acceptors (Lipinski definition) is 4. The summed E-state index contributed by atoms with van der Waals surface area (Å²) in [5, 5.41) is 3.29. The monoisotopic (exact) mass is 450 g/mol. The zero-order valence-corrected chi connectivity index (χ0v) is 18.6. The Morgan fingerprint density at radius 1 is 1.07 bits per heavy atom. The molecule has 0 aromatic heterocycles. The van der Waals surface area contributed by atoms with E-state index in [-0.39, 0.29) is 16.8 Å². The number of hydrogen-bond donors (Lipinski definition) is 2. The van der Waals surface area contributed by atoms with Crippen LogP contribution in [0.4, 0.5) is 5.69 Å². The second kappa shape index (κ2) is 10.3. The number of carbonyl (C=O) groups is 1. The summed E-state index contributed by atoms with van der Waals surface area (Å²) in [5.41, 5.74) is 0.715. The quantitative estimate of drug-likeness (QED) is 0.582. The molecule has 3 rings (SSSR count). The summed E-state index contributed by atoms with van der Waals surface area (Å²) in [5.74, 6) is 0.0344. The van der Waals surface area contributed by atoms with Gasteiger partial charge in [0.1, 0.15) is 5.75 Å². The molecule has 30 heavy (non-hydrogen) atoms. The van der Waals surface area contributed by atoms with Gasteiger partial charge < -0.3 is 10.1 Å². The maximum atomic E-state index is 12.9. The highest BCUT2D eigenvalue weighted by molar-refractivity contribution is 7.89. The molecular weight excluding hydrogens is 424 g/mol. The lowest BCUT2D eigenvalue weighted by atomic mass is 10.1. The Labute approximate surface area is 183 Å². The number of sulfonamides is 1. The molecule has 1 aliphatic rings. The highest BCUT2D eigenvalue weighted by Crippen LogP contribution is 2.29. The van der Waals surface area contributed by atoms with Gasteiger partial charge in [0.05, 0.1) is 17.2 Å². The zero-order valence-electron chi connectivity index (χ0n) is 17.0. The number of nitrogens with one attached hydrogen (secondary N) is 2. The van der Waals surface area contributed by atoms with Crippen LogP contribution in [-0.4, -0.2) is 27.0 Å². The summed E-state index contributed by atoms with van der Waals surface area (Å²) in [4.78, 5) is 12.7. The van der Waals surface area contributed by atoms with Crippen molar-refractivity contribution < 1.29 is 17.9 Å². The van der Waals surface area contributed by atoms with Gasteiger partial charge in [-0.05, 0) is 62.2 Å². The molecule has 0 heterocycles. The summed E-state index contributed by atoms with van der Waals surface area (Å²) in [6, 6.07) is 10.9. The summed E-state index contributed by atoms with van der Waals surface area (Å²) in [7, 11) is -3.71. The van der Waals surface area contributed by atoms with Crippen LogP contribution in [0.15, 0.2) is 47.4 Å². The molecule has 1 saturated carbocycles. The fraction of sp³-hybridized carbons (Fsp3) is 0.409. The van der Waals surface area contributed by atoms with Crippen molar-refractivity contribution >= 4 is 33.2 Å². The van der Waals surface area contributed by atoms with Crippen molar-refractivity contribution in [3.8, 4) is 5.75 Å². The topological polar surface area (TPSA) is 84.5 Å². The van der Waals surface area contributed by atoms with Crippen LogP contribution >= 0.6 is 11.6 Å². The lowest BCUT2D eigenvalue weighted by Gasteiger charge is -2.18. The van der Waals surface area contributed by atoms with Crippen LogP contribution in [0, 0.1) is 0 Å². The van der Waals surface area contributed by atoms with Crippen LogP contribution < -0.4 is 14.8 Å². The number of amides is 1. The van der Waals surface area contributed by atoms with E-state index in [2.05, 4.69) is 10.0 Å². The van der Waals surface area contributed by atoms with Crippen molar-refractivity contribution in [2.45, 2.75) is 56.4 Å².